The van der Waals surface area contributed by atoms with Gasteiger partial charge >= 0.3 is 5.97 Å². The maximum Gasteiger partial charge on any atom is 0.327 e. The highest BCUT2D eigenvalue weighted by molar-refractivity contribution is 8.00. The fraction of sp³-hybridized carbons (Fsp3) is 0.545. The van der Waals surface area contributed by atoms with Gasteiger partial charge < -0.3 is 20.3 Å². The zero-order valence-corrected chi connectivity index (χ0v) is 11.3. The number of carboxylic acids is 1. The lowest BCUT2D eigenvalue weighted by molar-refractivity contribution is -0.141. The monoisotopic (exact) mass is 284 g/mol. The SMILES string of the molecule is CC1SCC(C(=O)O)N1C(=O)c1cn(CCN)cn1. The Morgan fingerprint density at radius 1 is 1.63 bits per heavy atom. The lowest BCUT2D eigenvalue weighted by Gasteiger charge is -2.23. The van der Waals surface area contributed by atoms with Gasteiger partial charge in [-0.15, -0.1) is 11.8 Å². The molecule has 1 aromatic heterocycles. The number of thioether (sulfide) groups is 1. The molecule has 0 aliphatic carbocycles. The van der Waals surface area contributed by atoms with Gasteiger partial charge in [-0.25, -0.2) is 9.78 Å². The van der Waals surface area contributed by atoms with Gasteiger partial charge in [0.1, 0.15) is 11.7 Å². The van der Waals surface area contributed by atoms with Gasteiger partial charge in [0.05, 0.1) is 11.7 Å². The molecule has 1 aromatic rings. The molecule has 2 atom stereocenters. The molecule has 1 saturated heterocycles. The molecule has 0 radical (unpaired) electrons. The van der Waals surface area contributed by atoms with Crippen molar-refractivity contribution >= 4 is 23.6 Å². The standard InChI is InChI=1S/C11H16N4O3S/c1-7-15(9(5-19-7)11(17)18)10(16)8-4-14(3-2-12)6-13-8/h4,6-7,9H,2-3,5,12H2,1H3,(H,17,18). The number of aliphatic carboxylic acids is 1. The van der Waals surface area contributed by atoms with E-state index in [2.05, 4.69) is 4.98 Å². The molecule has 1 fully saturated rings. The van der Waals surface area contributed by atoms with Crippen molar-refractivity contribution < 1.29 is 14.7 Å². The summed E-state index contributed by atoms with van der Waals surface area (Å²) >= 11 is 1.45. The van der Waals surface area contributed by atoms with Gasteiger partial charge in [0.25, 0.3) is 5.91 Å². The van der Waals surface area contributed by atoms with Crippen LogP contribution in [-0.2, 0) is 11.3 Å². The van der Waals surface area contributed by atoms with E-state index in [1.165, 1.54) is 23.0 Å². The molecule has 104 valence electrons. The van der Waals surface area contributed by atoms with Crippen LogP contribution < -0.4 is 5.73 Å². The van der Waals surface area contributed by atoms with E-state index in [-0.39, 0.29) is 17.0 Å². The number of rotatable bonds is 4. The van der Waals surface area contributed by atoms with Crippen LogP contribution in [0.4, 0.5) is 0 Å². The van der Waals surface area contributed by atoms with E-state index in [4.69, 9.17) is 10.8 Å². The number of amides is 1. The van der Waals surface area contributed by atoms with Crippen molar-refractivity contribution in [3.8, 4) is 0 Å². The summed E-state index contributed by atoms with van der Waals surface area (Å²) in [6.07, 6.45) is 3.13. The minimum absolute atomic E-state index is 0.159. The van der Waals surface area contributed by atoms with Crippen LogP contribution in [0.2, 0.25) is 0 Å². The summed E-state index contributed by atoms with van der Waals surface area (Å²) < 4.78 is 1.72. The van der Waals surface area contributed by atoms with Crippen LogP contribution in [-0.4, -0.2) is 55.1 Å². The zero-order valence-electron chi connectivity index (χ0n) is 10.5. The Morgan fingerprint density at radius 2 is 2.37 bits per heavy atom. The number of carboxylic acid groups (broad SMARTS) is 1. The molecule has 1 aliphatic heterocycles. The van der Waals surface area contributed by atoms with E-state index in [0.717, 1.165) is 0 Å². The third kappa shape index (κ3) is 2.74. The van der Waals surface area contributed by atoms with Gasteiger partial charge in [-0.05, 0) is 6.92 Å². The Bertz CT molecular complexity index is 490. The van der Waals surface area contributed by atoms with Crippen LogP contribution in [0.1, 0.15) is 17.4 Å². The quantitative estimate of drug-likeness (QED) is 0.796. The number of carbonyl (C=O) groups excluding carboxylic acids is 1. The summed E-state index contributed by atoms with van der Waals surface area (Å²) in [6, 6.07) is -0.785. The molecule has 1 amide bonds. The average molecular weight is 284 g/mol. The molecule has 8 heteroatoms. The van der Waals surface area contributed by atoms with Crippen molar-refractivity contribution in [2.75, 3.05) is 12.3 Å². The third-order valence-corrected chi connectivity index (χ3v) is 4.20. The number of hydrogen-bond acceptors (Lipinski definition) is 5. The smallest absolute Gasteiger partial charge is 0.327 e. The molecule has 0 bridgehead atoms. The van der Waals surface area contributed by atoms with Crippen LogP contribution in [0.25, 0.3) is 0 Å². The maximum atomic E-state index is 12.3. The van der Waals surface area contributed by atoms with Gasteiger partial charge in [0.2, 0.25) is 0 Å². The molecule has 0 saturated carbocycles. The Hall–Kier alpha value is -1.54. The zero-order chi connectivity index (χ0) is 14.0. The normalized spacial score (nSPS) is 22.7. The molecule has 2 heterocycles. The Kier molecular flexibility index (Phi) is 4.11. The van der Waals surface area contributed by atoms with Crippen molar-refractivity contribution in [3.05, 3.63) is 18.2 Å². The van der Waals surface area contributed by atoms with E-state index in [9.17, 15) is 9.59 Å². The predicted molar refractivity (Wildman–Crippen MR) is 70.8 cm³/mol. The highest BCUT2D eigenvalue weighted by Gasteiger charge is 2.40. The Morgan fingerprint density at radius 3 is 3.00 bits per heavy atom. The summed E-state index contributed by atoms with van der Waals surface area (Å²) in [7, 11) is 0. The molecular formula is C11H16N4O3S. The average Bonchev–Trinajstić information content (AvgIpc) is 2.95. The van der Waals surface area contributed by atoms with E-state index >= 15 is 0 Å². The molecule has 1 aliphatic rings. The topological polar surface area (TPSA) is 101 Å². The van der Waals surface area contributed by atoms with Crippen LogP contribution in [0.15, 0.2) is 12.5 Å². The summed E-state index contributed by atoms with van der Waals surface area (Å²) in [4.78, 5) is 28.9. The predicted octanol–water partition coefficient (Wildman–Crippen LogP) is -0.170. The Labute approximate surface area is 114 Å². The van der Waals surface area contributed by atoms with E-state index in [0.29, 0.717) is 18.8 Å². The minimum atomic E-state index is -0.980. The summed E-state index contributed by atoms with van der Waals surface area (Å²) in [6.45, 7) is 2.85. The second kappa shape index (κ2) is 5.62. The first-order valence-electron chi connectivity index (χ1n) is 5.93. The first-order chi connectivity index (χ1) is 9.04. The number of hydrogen-bond donors (Lipinski definition) is 2. The summed E-state index contributed by atoms with van der Waals surface area (Å²) in [5.74, 6) is -0.918. The first-order valence-corrected chi connectivity index (χ1v) is 6.98. The second-order valence-corrected chi connectivity index (χ2v) is 5.63. The maximum absolute atomic E-state index is 12.3. The van der Waals surface area contributed by atoms with E-state index < -0.39 is 12.0 Å². The van der Waals surface area contributed by atoms with Crippen molar-refractivity contribution in [1.29, 1.82) is 0 Å². The number of aromatic nitrogens is 2. The molecule has 2 rings (SSSR count). The molecule has 2 unspecified atom stereocenters. The summed E-state index contributed by atoms with van der Waals surface area (Å²) in [5, 5.41) is 8.98. The largest absolute Gasteiger partial charge is 0.480 e. The van der Waals surface area contributed by atoms with Crippen molar-refractivity contribution in [3.63, 3.8) is 0 Å². The van der Waals surface area contributed by atoms with Gasteiger partial charge in [-0.1, -0.05) is 0 Å². The molecule has 7 nitrogen and oxygen atoms in total. The van der Waals surface area contributed by atoms with Crippen molar-refractivity contribution in [2.24, 2.45) is 5.73 Å². The van der Waals surface area contributed by atoms with Crippen LogP contribution >= 0.6 is 11.8 Å². The first kappa shape index (κ1) is 13.9. The highest BCUT2D eigenvalue weighted by atomic mass is 32.2. The van der Waals surface area contributed by atoms with Gasteiger partial charge in [-0.3, -0.25) is 4.79 Å². The fourth-order valence-corrected chi connectivity index (χ4v) is 3.18. The minimum Gasteiger partial charge on any atom is -0.480 e. The van der Waals surface area contributed by atoms with E-state index in [1.54, 1.807) is 10.8 Å². The van der Waals surface area contributed by atoms with Crippen molar-refractivity contribution in [1.82, 2.24) is 14.5 Å². The molecule has 0 aromatic carbocycles. The lowest BCUT2D eigenvalue weighted by Crippen LogP contribution is -2.44. The number of nitrogens with zero attached hydrogens (tertiary/aromatic N) is 3. The van der Waals surface area contributed by atoms with Crippen LogP contribution in [0, 0.1) is 0 Å². The Balaban J connectivity index is 2.19. The number of carbonyl (C=O) groups is 2. The lowest BCUT2D eigenvalue weighted by atomic mass is 10.2. The van der Waals surface area contributed by atoms with Crippen molar-refractivity contribution in [2.45, 2.75) is 24.9 Å². The number of nitrogens with two attached hydrogens (primary N) is 1. The highest BCUT2D eigenvalue weighted by Crippen LogP contribution is 2.30. The number of imidazole rings is 1. The van der Waals surface area contributed by atoms with E-state index in [1.807, 2.05) is 6.92 Å². The van der Waals surface area contributed by atoms with Gasteiger partial charge in [0, 0.05) is 25.0 Å². The molecule has 3 N–H and O–H groups in total. The van der Waals surface area contributed by atoms with Gasteiger partial charge in [-0.2, -0.15) is 0 Å². The second-order valence-electron chi connectivity index (χ2n) is 4.28. The summed E-state index contributed by atoms with van der Waals surface area (Å²) in [5.41, 5.74) is 5.69. The third-order valence-electron chi connectivity index (χ3n) is 2.98. The van der Waals surface area contributed by atoms with Crippen LogP contribution in [0.5, 0.6) is 0 Å². The molecule has 0 spiro atoms. The van der Waals surface area contributed by atoms with Crippen LogP contribution in [0.3, 0.4) is 0 Å². The molecular weight excluding hydrogens is 268 g/mol. The fourth-order valence-electron chi connectivity index (χ4n) is 2.02. The molecule has 19 heavy (non-hydrogen) atoms. The van der Waals surface area contributed by atoms with Gasteiger partial charge in [0.15, 0.2) is 0 Å².